The lowest BCUT2D eigenvalue weighted by Crippen LogP contribution is -2.36. The van der Waals surface area contributed by atoms with Crippen molar-refractivity contribution < 1.29 is 19.1 Å². The summed E-state index contributed by atoms with van der Waals surface area (Å²) in [5, 5.41) is 17.4. The molecular weight excluding hydrogens is 500 g/mol. The summed E-state index contributed by atoms with van der Waals surface area (Å²) in [5.41, 5.74) is 5.23. The van der Waals surface area contributed by atoms with Gasteiger partial charge in [-0.25, -0.2) is 4.57 Å². The Bertz CT molecular complexity index is 1580. The van der Waals surface area contributed by atoms with Crippen molar-refractivity contribution in [3.63, 3.8) is 0 Å². The van der Waals surface area contributed by atoms with Gasteiger partial charge < -0.3 is 16.4 Å². The monoisotopic (exact) mass is 517 g/mol. The molecule has 0 bridgehead atoms. The number of carbonyl (C=O) groups is 2. The summed E-state index contributed by atoms with van der Waals surface area (Å²) in [4.78, 5) is 50.0. The molecule has 1 aliphatic rings. The average molecular weight is 518 g/mol. The summed E-state index contributed by atoms with van der Waals surface area (Å²) in [6, 6.07) is 12.6. The SMILES string of the molecule is Nc1ccc(Nc2nc(Cl)nc(NCC[n+]3ccccc3)n2)c2c1C(=O)c1c(cccc1[N+](=O)[O-])C2=O. The quantitative estimate of drug-likeness (QED) is 0.126. The number of fused-ring (bicyclic) bond motifs is 2. The van der Waals surface area contributed by atoms with E-state index in [1.165, 1.54) is 30.3 Å². The molecule has 37 heavy (non-hydrogen) atoms. The van der Waals surface area contributed by atoms with Crippen molar-refractivity contribution in [2.75, 3.05) is 22.9 Å². The number of halogens is 1. The van der Waals surface area contributed by atoms with E-state index in [4.69, 9.17) is 17.3 Å². The molecule has 5 rings (SSSR count). The number of hydrogen-bond acceptors (Lipinski definition) is 10. The Labute approximate surface area is 214 Å². The minimum absolute atomic E-state index is 0.0112. The van der Waals surface area contributed by atoms with E-state index in [1.807, 2.05) is 35.2 Å². The second-order valence-electron chi connectivity index (χ2n) is 7.98. The Morgan fingerprint density at radius 3 is 2.43 bits per heavy atom. The topological polar surface area (TPSA) is 170 Å². The van der Waals surface area contributed by atoms with Gasteiger partial charge in [-0.15, -0.1) is 0 Å². The predicted molar refractivity (Wildman–Crippen MR) is 134 cm³/mol. The van der Waals surface area contributed by atoms with Gasteiger partial charge in [0.15, 0.2) is 24.7 Å². The van der Waals surface area contributed by atoms with E-state index in [-0.39, 0.29) is 50.8 Å². The zero-order chi connectivity index (χ0) is 26.1. The maximum atomic E-state index is 13.4. The highest BCUT2D eigenvalue weighted by molar-refractivity contribution is 6.33. The fourth-order valence-electron chi connectivity index (χ4n) is 4.07. The van der Waals surface area contributed by atoms with Crippen LogP contribution < -0.4 is 20.9 Å². The zero-order valence-electron chi connectivity index (χ0n) is 19.0. The number of carbonyl (C=O) groups excluding carboxylic acids is 2. The molecule has 0 unspecified atom stereocenters. The van der Waals surface area contributed by atoms with Gasteiger partial charge in [0, 0.05) is 29.4 Å². The van der Waals surface area contributed by atoms with E-state index >= 15 is 0 Å². The molecule has 13 heteroatoms. The van der Waals surface area contributed by atoms with Crippen LogP contribution in [0.3, 0.4) is 0 Å². The number of benzene rings is 2. The van der Waals surface area contributed by atoms with Gasteiger partial charge in [0.2, 0.25) is 23.0 Å². The number of pyridine rings is 1. The van der Waals surface area contributed by atoms with Crippen LogP contribution in [0.4, 0.5) is 29.0 Å². The zero-order valence-corrected chi connectivity index (χ0v) is 19.8. The number of anilines is 4. The number of nitrogen functional groups attached to an aromatic ring is 1. The summed E-state index contributed by atoms with van der Waals surface area (Å²) in [6.45, 7) is 1.13. The Morgan fingerprint density at radius 2 is 1.68 bits per heavy atom. The Kier molecular flexibility index (Phi) is 6.15. The third-order valence-electron chi connectivity index (χ3n) is 5.69. The molecule has 12 nitrogen and oxygen atoms in total. The second-order valence-corrected chi connectivity index (χ2v) is 8.32. The number of nitrogens with one attached hydrogen (secondary N) is 2. The highest BCUT2D eigenvalue weighted by atomic mass is 35.5. The molecule has 0 amide bonds. The maximum absolute atomic E-state index is 13.4. The van der Waals surface area contributed by atoms with Crippen LogP contribution >= 0.6 is 11.6 Å². The minimum atomic E-state index is -0.715. The standard InChI is InChI=1S/C24H17ClN8O4/c25-22-29-23(27-9-12-32-10-2-1-3-11-32)31-24(30-22)28-15-8-7-14(26)18-19(15)20(34)13-5-4-6-16(33(36)37)17(13)21(18)35/h1-8,10-11H,9,12H2,(H3-,26,27,28,29,30,31,34,35)/p+1. The molecule has 0 fully saturated rings. The lowest BCUT2D eigenvalue weighted by atomic mass is 9.81. The number of ketones is 2. The van der Waals surface area contributed by atoms with Crippen LogP contribution in [0.2, 0.25) is 5.28 Å². The summed E-state index contributed by atoms with van der Waals surface area (Å²) in [5.74, 6) is -1.09. The van der Waals surface area contributed by atoms with Crippen molar-refractivity contribution in [1.29, 1.82) is 0 Å². The first kappa shape index (κ1) is 23.8. The number of nitro benzene ring substituents is 1. The summed E-state index contributed by atoms with van der Waals surface area (Å²) in [6.07, 6.45) is 3.84. The molecule has 4 aromatic rings. The van der Waals surface area contributed by atoms with Gasteiger partial charge in [0.1, 0.15) is 5.56 Å². The van der Waals surface area contributed by atoms with Gasteiger partial charge in [-0.1, -0.05) is 12.1 Å². The van der Waals surface area contributed by atoms with Crippen molar-refractivity contribution in [2.24, 2.45) is 0 Å². The molecule has 184 valence electrons. The van der Waals surface area contributed by atoms with Crippen LogP contribution in [-0.4, -0.2) is 38.0 Å². The number of nitrogens with two attached hydrogens (primary N) is 1. The van der Waals surface area contributed by atoms with Crippen molar-refractivity contribution in [1.82, 2.24) is 15.0 Å². The van der Waals surface area contributed by atoms with Crippen molar-refractivity contribution >= 4 is 52.1 Å². The maximum Gasteiger partial charge on any atom is 0.281 e. The Hall–Kier alpha value is -4.97. The number of aromatic nitrogens is 4. The third-order valence-corrected chi connectivity index (χ3v) is 5.86. The van der Waals surface area contributed by atoms with Crippen LogP contribution in [0.1, 0.15) is 31.8 Å². The summed E-state index contributed by atoms with van der Waals surface area (Å²) >= 11 is 6.09. The van der Waals surface area contributed by atoms with E-state index in [0.29, 0.717) is 13.1 Å². The molecule has 0 saturated heterocycles. The lowest BCUT2D eigenvalue weighted by molar-refractivity contribution is -0.694. The van der Waals surface area contributed by atoms with E-state index in [1.54, 1.807) is 0 Å². The summed E-state index contributed by atoms with van der Waals surface area (Å²) < 4.78 is 1.97. The van der Waals surface area contributed by atoms with Crippen molar-refractivity contribution in [3.05, 3.63) is 98.6 Å². The average Bonchev–Trinajstić information content (AvgIpc) is 2.88. The van der Waals surface area contributed by atoms with Gasteiger partial charge in [-0.2, -0.15) is 15.0 Å². The van der Waals surface area contributed by atoms with Gasteiger partial charge in [0.05, 0.1) is 28.3 Å². The van der Waals surface area contributed by atoms with Crippen LogP contribution in [0.5, 0.6) is 0 Å². The number of nitro groups is 1. The van der Waals surface area contributed by atoms with Gasteiger partial charge >= 0.3 is 0 Å². The number of rotatable bonds is 7. The first-order valence-electron chi connectivity index (χ1n) is 11.0. The molecule has 0 spiro atoms. The van der Waals surface area contributed by atoms with Gasteiger partial charge in [-0.3, -0.25) is 19.7 Å². The van der Waals surface area contributed by atoms with E-state index in [0.717, 1.165) is 0 Å². The van der Waals surface area contributed by atoms with Crippen LogP contribution in [0.25, 0.3) is 0 Å². The number of hydrogen-bond donors (Lipinski definition) is 3. The van der Waals surface area contributed by atoms with E-state index in [9.17, 15) is 19.7 Å². The molecule has 2 aromatic heterocycles. The molecule has 0 saturated carbocycles. The second kappa shape index (κ2) is 9.59. The van der Waals surface area contributed by atoms with E-state index < -0.39 is 22.2 Å². The molecule has 2 aromatic carbocycles. The first-order valence-corrected chi connectivity index (χ1v) is 11.4. The molecular formula is C24H18ClN8O4+. The van der Waals surface area contributed by atoms with E-state index in [2.05, 4.69) is 25.6 Å². The highest BCUT2D eigenvalue weighted by Crippen LogP contribution is 2.39. The molecule has 0 aliphatic heterocycles. The molecule has 0 radical (unpaired) electrons. The van der Waals surface area contributed by atoms with Crippen LogP contribution in [0, 0.1) is 10.1 Å². The normalized spacial score (nSPS) is 12.0. The van der Waals surface area contributed by atoms with Crippen molar-refractivity contribution in [2.45, 2.75) is 6.54 Å². The van der Waals surface area contributed by atoms with Crippen LogP contribution in [-0.2, 0) is 6.54 Å². The molecule has 1 aliphatic carbocycles. The highest BCUT2D eigenvalue weighted by Gasteiger charge is 2.38. The minimum Gasteiger partial charge on any atom is -0.398 e. The fraction of sp³-hybridized carbons (Fsp3) is 0.0833. The largest absolute Gasteiger partial charge is 0.398 e. The van der Waals surface area contributed by atoms with Crippen LogP contribution in [0.15, 0.2) is 60.9 Å². The van der Waals surface area contributed by atoms with Crippen molar-refractivity contribution in [3.8, 4) is 0 Å². The number of nitrogens with zero attached hydrogens (tertiary/aromatic N) is 5. The molecule has 0 atom stereocenters. The fourth-order valence-corrected chi connectivity index (χ4v) is 4.23. The third kappa shape index (κ3) is 4.52. The van der Waals surface area contributed by atoms with Gasteiger partial charge in [-0.05, 0) is 29.8 Å². The lowest BCUT2D eigenvalue weighted by Gasteiger charge is -2.21. The summed E-state index contributed by atoms with van der Waals surface area (Å²) in [7, 11) is 0. The smallest absolute Gasteiger partial charge is 0.281 e. The molecule has 4 N–H and O–H groups in total. The van der Waals surface area contributed by atoms with Gasteiger partial charge in [0.25, 0.3) is 5.69 Å². The molecule has 2 heterocycles. The first-order chi connectivity index (χ1) is 17.8. The Morgan fingerprint density at radius 1 is 0.919 bits per heavy atom. The Balaban J connectivity index is 1.47. The predicted octanol–water partition coefficient (Wildman–Crippen LogP) is 2.93.